The van der Waals surface area contributed by atoms with E-state index in [1.165, 1.54) is 45.1 Å². The first-order valence-electron chi connectivity index (χ1n) is 8.99. The molecule has 1 heterocycles. The lowest BCUT2D eigenvalue weighted by atomic mass is 9.73. The highest BCUT2D eigenvalue weighted by Gasteiger charge is 2.36. The zero-order valence-electron chi connectivity index (χ0n) is 14.4. The number of hydrogen-bond donors (Lipinski definition) is 1. The fraction of sp³-hybridized carbons (Fsp3) is 1.00. The maximum absolute atomic E-state index is 3.61. The Morgan fingerprint density at radius 3 is 2.50 bits per heavy atom. The lowest BCUT2D eigenvalue weighted by Gasteiger charge is -2.41. The van der Waals surface area contributed by atoms with E-state index < -0.39 is 0 Å². The summed E-state index contributed by atoms with van der Waals surface area (Å²) in [5.74, 6) is 2.66. The molecule has 5 unspecified atom stereocenters. The van der Waals surface area contributed by atoms with Crippen LogP contribution in [-0.4, -0.2) is 36.6 Å². The van der Waals surface area contributed by atoms with Crippen LogP contribution in [0.5, 0.6) is 0 Å². The lowest BCUT2D eigenvalue weighted by Crippen LogP contribution is -2.47. The summed E-state index contributed by atoms with van der Waals surface area (Å²) in [4.78, 5) is 2.83. The van der Waals surface area contributed by atoms with Gasteiger partial charge in [0.1, 0.15) is 0 Å². The molecule has 0 radical (unpaired) electrons. The molecule has 1 saturated carbocycles. The maximum Gasteiger partial charge on any atom is 0.0105 e. The van der Waals surface area contributed by atoms with Crippen LogP contribution in [0.2, 0.25) is 0 Å². The van der Waals surface area contributed by atoms with Crippen LogP contribution in [0.3, 0.4) is 0 Å². The minimum Gasteiger partial charge on any atom is -0.317 e. The van der Waals surface area contributed by atoms with Gasteiger partial charge in [-0.05, 0) is 70.3 Å². The molecule has 2 nitrogen and oxygen atoms in total. The minimum atomic E-state index is 0.746. The quantitative estimate of drug-likeness (QED) is 0.821. The van der Waals surface area contributed by atoms with Crippen molar-refractivity contribution in [3.8, 4) is 0 Å². The second-order valence-electron chi connectivity index (χ2n) is 7.66. The van der Waals surface area contributed by atoms with Crippen LogP contribution in [0.15, 0.2) is 0 Å². The largest absolute Gasteiger partial charge is 0.317 e. The summed E-state index contributed by atoms with van der Waals surface area (Å²) < 4.78 is 0. The van der Waals surface area contributed by atoms with Gasteiger partial charge in [0.2, 0.25) is 0 Å². The van der Waals surface area contributed by atoms with Crippen molar-refractivity contribution in [3.63, 3.8) is 0 Å². The predicted octanol–water partition coefficient (Wildman–Crippen LogP) is 3.91. The van der Waals surface area contributed by atoms with Crippen LogP contribution in [0, 0.1) is 17.8 Å². The number of nitrogens with zero attached hydrogens (tertiary/aromatic N) is 1. The molecule has 2 fully saturated rings. The minimum absolute atomic E-state index is 0.746. The van der Waals surface area contributed by atoms with Crippen molar-refractivity contribution in [3.05, 3.63) is 0 Å². The highest BCUT2D eigenvalue weighted by molar-refractivity contribution is 4.91. The van der Waals surface area contributed by atoms with Crippen LogP contribution in [0.1, 0.15) is 66.2 Å². The summed E-state index contributed by atoms with van der Waals surface area (Å²) in [5, 5.41) is 3.61. The monoisotopic (exact) mass is 280 g/mol. The first-order valence-corrected chi connectivity index (χ1v) is 8.99. The number of likely N-dealkylation sites (tertiary alicyclic amines) is 1. The molecular weight excluding hydrogens is 244 g/mol. The molecule has 1 aliphatic carbocycles. The van der Waals surface area contributed by atoms with E-state index in [-0.39, 0.29) is 0 Å². The third-order valence-electron chi connectivity index (χ3n) is 6.21. The summed E-state index contributed by atoms with van der Waals surface area (Å²) in [6.07, 6.45) is 8.39. The van der Waals surface area contributed by atoms with Crippen molar-refractivity contribution in [2.75, 3.05) is 13.6 Å². The molecule has 0 aromatic carbocycles. The molecule has 20 heavy (non-hydrogen) atoms. The summed E-state index contributed by atoms with van der Waals surface area (Å²) >= 11 is 0. The van der Waals surface area contributed by atoms with Gasteiger partial charge in [-0.1, -0.05) is 20.8 Å². The van der Waals surface area contributed by atoms with E-state index in [2.05, 4.69) is 45.0 Å². The van der Waals surface area contributed by atoms with Crippen LogP contribution < -0.4 is 5.32 Å². The molecule has 1 saturated heterocycles. The molecule has 2 heteroatoms. The van der Waals surface area contributed by atoms with E-state index >= 15 is 0 Å². The molecule has 2 rings (SSSR count). The van der Waals surface area contributed by atoms with E-state index in [0.717, 1.165) is 35.9 Å². The van der Waals surface area contributed by atoms with Gasteiger partial charge in [-0.3, -0.25) is 4.90 Å². The standard InChI is InChI=1S/C18H36N2/c1-6-17-9-7-14(4)20(17)12-16-11-15(13(2)3)8-10-18(16)19-5/h13-19H,6-12H2,1-5H3. The van der Waals surface area contributed by atoms with Gasteiger partial charge in [-0.25, -0.2) is 0 Å². The topological polar surface area (TPSA) is 15.3 Å². The molecular formula is C18H36N2. The zero-order chi connectivity index (χ0) is 14.7. The van der Waals surface area contributed by atoms with Gasteiger partial charge in [-0.2, -0.15) is 0 Å². The Kier molecular flexibility index (Phi) is 5.92. The maximum atomic E-state index is 3.61. The molecule has 0 amide bonds. The molecule has 5 atom stereocenters. The van der Waals surface area contributed by atoms with E-state index in [4.69, 9.17) is 0 Å². The average molecular weight is 280 g/mol. The van der Waals surface area contributed by atoms with Crippen LogP contribution >= 0.6 is 0 Å². The fourth-order valence-corrected chi connectivity index (χ4v) is 4.65. The molecule has 0 spiro atoms. The molecule has 0 bridgehead atoms. The molecule has 0 aromatic heterocycles. The Balaban J connectivity index is 2.00. The van der Waals surface area contributed by atoms with Crippen molar-refractivity contribution in [2.45, 2.75) is 84.3 Å². The third kappa shape index (κ3) is 3.57. The van der Waals surface area contributed by atoms with Crippen molar-refractivity contribution in [1.29, 1.82) is 0 Å². The predicted molar refractivity (Wildman–Crippen MR) is 88.0 cm³/mol. The van der Waals surface area contributed by atoms with Crippen molar-refractivity contribution in [1.82, 2.24) is 10.2 Å². The second kappa shape index (κ2) is 7.26. The fourth-order valence-electron chi connectivity index (χ4n) is 4.65. The smallest absolute Gasteiger partial charge is 0.0105 e. The van der Waals surface area contributed by atoms with Crippen LogP contribution in [0.25, 0.3) is 0 Å². The van der Waals surface area contributed by atoms with Crippen molar-refractivity contribution in [2.24, 2.45) is 17.8 Å². The average Bonchev–Trinajstić information content (AvgIpc) is 2.79. The third-order valence-corrected chi connectivity index (χ3v) is 6.21. The Labute approximate surface area is 126 Å². The SMILES string of the molecule is CCC1CCC(C)N1CC1CC(C(C)C)CCC1NC. The van der Waals surface area contributed by atoms with Gasteiger partial charge in [0.05, 0.1) is 0 Å². The Morgan fingerprint density at radius 1 is 1.15 bits per heavy atom. The second-order valence-corrected chi connectivity index (χ2v) is 7.66. The number of hydrogen-bond acceptors (Lipinski definition) is 2. The highest BCUT2D eigenvalue weighted by atomic mass is 15.2. The normalized spacial score (nSPS) is 39.6. The summed E-state index contributed by atoms with van der Waals surface area (Å²) in [6.45, 7) is 11.0. The van der Waals surface area contributed by atoms with Gasteiger partial charge in [0.25, 0.3) is 0 Å². The summed E-state index contributed by atoms with van der Waals surface area (Å²) in [5.41, 5.74) is 0. The van der Waals surface area contributed by atoms with Crippen molar-refractivity contribution >= 4 is 0 Å². The molecule has 118 valence electrons. The molecule has 0 aromatic rings. The van der Waals surface area contributed by atoms with E-state index in [1.807, 2.05) is 0 Å². The first kappa shape index (κ1) is 16.3. The zero-order valence-corrected chi connectivity index (χ0v) is 14.4. The number of nitrogens with one attached hydrogen (secondary N) is 1. The first-order chi connectivity index (χ1) is 9.56. The molecule has 1 N–H and O–H groups in total. The summed E-state index contributed by atoms with van der Waals surface area (Å²) in [7, 11) is 2.16. The Bertz CT molecular complexity index is 289. The van der Waals surface area contributed by atoms with Gasteiger partial charge < -0.3 is 5.32 Å². The molecule has 1 aliphatic heterocycles. The lowest BCUT2D eigenvalue weighted by molar-refractivity contribution is 0.0993. The van der Waals surface area contributed by atoms with E-state index in [9.17, 15) is 0 Å². The van der Waals surface area contributed by atoms with Gasteiger partial charge in [0.15, 0.2) is 0 Å². The highest BCUT2D eigenvalue weighted by Crippen LogP contribution is 2.36. The van der Waals surface area contributed by atoms with Gasteiger partial charge in [0, 0.05) is 24.7 Å². The molecule has 2 aliphatic rings. The van der Waals surface area contributed by atoms with Crippen LogP contribution in [0.4, 0.5) is 0 Å². The van der Waals surface area contributed by atoms with E-state index in [1.54, 1.807) is 0 Å². The van der Waals surface area contributed by atoms with Gasteiger partial charge >= 0.3 is 0 Å². The summed E-state index contributed by atoms with van der Waals surface area (Å²) in [6, 6.07) is 2.40. The van der Waals surface area contributed by atoms with Crippen molar-refractivity contribution < 1.29 is 0 Å². The van der Waals surface area contributed by atoms with E-state index in [0.29, 0.717) is 0 Å². The Morgan fingerprint density at radius 2 is 1.90 bits per heavy atom. The Hall–Kier alpha value is -0.0800. The van der Waals surface area contributed by atoms with Gasteiger partial charge in [-0.15, -0.1) is 0 Å². The number of rotatable bonds is 5. The van der Waals surface area contributed by atoms with Crippen LogP contribution in [-0.2, 0) is 0 Å².